The standard InChI is InChI=1S/C88H79BN4/c1-85(2,3)68-39-43-70(44-40-68)90(71-45-41-69(42-46-71)86(4,5)6)74-47-50-79-76(57-74)87(7)51-21-22-52-88(87,8)93(79)75-58-82-84-83(59-75)92(73-36-24-34-65(54-73)61-27-15-10-16-28-61)81-56-67(63-31-19-12-20-32-63)38-49-78(81)89(84)77-48-37-66(62-29-17-11-18-30-62)55-80(77)91(82)72-35-23-33-64(53-72)60-25-13-9-14-26-60/h9-20,23-50,53-59H,21-22,51-52H2,1-8H3. The van der Waals surface area contributed by atoms with Crippen molar-refractivity contribution in [3.8, 4) is 44.5 Å². The second-order valence-electron chi connectivity index (χ2n) is 28.9. The first-order chi connectivity index (χ1) is 45.1. The molecule has 454 valence electrons. The molecule has 0 amide bonds. The van der Waals surface area contributed by atoms with Crippen LogP contribution in [0.5, 0.6) is 0 Å². The predicted molar refractivity (Wildman–Crippen MR) is 397 cm³/mol. The normalized spacial score (nSPS) is 17.1. The third-order valence-corrected chi connectivity index (χ3v) is 21.3. The molecule has 0 saturated heterocycles. The number of fused-ring (bicyclic) bond motifs is 7. The van der Waals surface area contributed by atoms with E-state index in [-0.39, 0.29) is 28.5 Å². The summed E-state index contributed by atoms with van der Waals surface area (Å²) in [6, 6.07) is 108. The van der Waals surface area contributed by atoms with Crippen molar-refractivity contribution in [1.29, 1.82) is 0 Å². The number of nitrogens with zero attached hydrogens (tertiary/aromatic N) is 4. The lowest BCUT2D eigenvalue weighted by molar-refractivity contribution is 0.195. The summed E-state index contributed by atoms with van der Waals surface area (Å²) in [7, 11) is 0. The van der Waals surface area contributed by atoms with Gasteiger partial charge in [0.15, 0.2) is 0 Å². The third-order valence-electron chi connectivity index (χ3n) is 21.3. The van der Waals surface area contributed by atoms with Crippen LogP contribution in [-0.4, -0.2) is 12.3 Å². The summed E-state index contributed by atoms with van der Waals surface area (Å²) in [5.74, 6) is 0. The lowest BCUT2D eigenvalue weighted by Crippen LogP contribution is -2.61. The second-order valence-corrected chi connectivity index (χ2v) is 28.9. The van der Waals surface area contributed by atoms with Crippen molar-refractivity contribution < 1.29 is 0 Å². The zero-order valence-corrected chi connectivity index (χ0v) is 54.8. The van der Waals surface area contributed by atoms with Crippen LogP contribution in [0.15, 0.2) is 285 Å². The minimum absolute atomic E-state index is 0.0281. The molecule has 2 unspecified atom stereocenters. The Morgan fingerprint density at radius 3 is 1.16 bits per heavy atom. The van der Waals surface area contributed by atoms with Crippen LogP contribution in [0.4, 0.5) is 62.6 Å². The molecule has 4 aliphatic rings. The van der Waals surface area contributed by atoms with E-state index in [0.29, 0.717) is 0 Å². The SMILES string of the molecule is CC(C)(C)c1ccc(N(c2ccc(C(C)(C)C)cc2)c2ccc3c(c2)C2(C)CCCCC2(C)N3c2cc3c4c(c2)N(c2cccc(-c5ccccc5)c2)c2cc(-c5ccccc5)ccc2B4c2ccc(-c4ccccc4)cc2N3c2cccc(-c3ccccc3)c2)cc1. The first kappa shape index (κ1) is 58.0. The molecule has 2 atom stereocenters. The highest BCUT2D eigenvalue weighted by Crippen LogP contribution is 2.63. The quantitative estimate of drug-likeness (QED) is 0.127. The topological polar surface area (TPSA) is 13.0 Å². The van der Waals surface area contributed by atoms with Gasteiger partial charge in [0.05, 0.1) is 5.54 Å². The largest absolute Gasteiger partial charge is 0.334 e. The molecule has 3 heterocycles. The zero-order valence-electron chi connectivity index (χ0n) is 54.8. The summed E-state index contributed by atoms with van der Waals surface area (Å²) in [4.78, 5) is 10.6. The fraction of sp³-hybridized carbons (Fsp3) is 0.182. The maximum Gasteiger partial charge on any atom is 0.252 e. The minimum Gasteiger partial charge on any atom is -0.334 e. The van der Waals surface area contributed by atoms with Gasteiger partial charge in [-0.3, -0.25) is 0 Å². The van der Waals surface area contributed by atoms with Gasteiger partial charge in [-0.1, -0.05) is 255 Å². The van der Waals surface area contributed by atoms with E-state index in [1.54, 1.807) is 0 Å². The predicted octanol–water partition coefficient (Wildman–Crippen LogP) is 22.2. The summed E-state index contributed by atoms with van der Waals surface area (Å²) < 4.78 is 0. The van der Waals surface area contributed by atoms with Gasteiger partial charge in [-0.25, -0.2) is 0 Å². The van der Waals surface area contributed by atoms with Crippen molar-refractivity contribution in [3.05, 3.63) is 302 Å². The molecule has 0 N–H and O–H groups in total. The number of rotatable bonds is 10. The highest BCUT2D eigenvalue weighted by atomic mass is 15.3. The average Bonchev–Trinajstić information content (AvgIpc) is 1.64. The highest BCUT2D eigenvalue weighted by Gasteiger charge is 2.58. The van der Waals surface area contributed by atoms with E-state index in [0.717, 1.165) is 42.0 Å². The summed E-state index contributed by atoms with van der Waals surface area (Å²) in [6.07, 6.45) is 4.45. The monoisotopic (exact) mass is 1200 g/mol. The number of benzene rings is 12. The van der Waals surface area contributed by atoms with Gasteiger partial charge >= 0.3 is 0 Å². The zero-order chi connectivity index (χ0) is 63.4. The van der Waals surface area contributed by atoms with E-state index >= 15 is 0 Å². The summed E-state index contributed by atoms with van der Waals surface area (Å²) in [5.41, 5.74) is 29.9. The Kier molecular flexibility index (Phi) is 13.9. The Labute approximate surface area is 551 Å². The Morgan fingerprint density at radius 2 is 0.731 bits per heavy atom. The Hall–Kier alpha value is -10.1. The molecule has 1 aliphatic carbocycles. The van der Waals surface area contributed by atoms with E-state index < -0.39 is 0 Å². The molecular weight excluding hydrogens is 1120 g/mol. The molecular formula is C88H79BN4. The summed E-state index contributed by atoms with van der Waals surface area (Å²) in [6.45, 7) is 18.9. The molecule has 0 spiro atoms. The molecule has 1 fully saturated rings. The average molecular weight is 1200 g/mol. The molecule has 16 rings (SSSR count). The number of hydrogen-bond donors (Lipinski definition) is 0. The Morgan fingerprint density at radius 1 is 0.333 bits per heavy atom. The molecule has 4 nitrogen and oxygen atoms in total. The molecule has 12 aromatic rings. The van der Waals surface area contributed by atoms with Crippen molar-refractivity contribution in [2.24, 2.45) is 0 Å². The van der Waals surface area contributed by atoms with Gasteiger partial charge in [0.2, 0.25) is 0 Å². The van der Waals surface area contributed by atoms with Crippen LogP contribution in [0.25, 0.3) is 44.5 Å². The van der Waals surface area contributed by atoms with E-state index in [9.17, 15) is 0 Å². The van der Waals surface area contributed by atoms with Crippen molar-refractivity contribution in [3.63, 3.8) is 0 Å². The first-order valence-corrected chi connectivity index (χ1v) is 33.6. The lowest BCUT2D eigenvalue weighted by Gasteiger charge is -2.51. The van der Waals surface area contributed by atoms with E-state index in [1.165, 1.54) is 124 Å². The maximum absolute atomic E-state index is 2.82. The molecule has 0 bridgehead atoms. The minimum atomic E-state index is -0.295. The van der Waals surface area contributed by atoms with Gasteiger partial charge in [-0.05, 0) is 199 Å². The first-order valence-electron chi connectivity index (χ1n) is 33.6. The fourth-order valence-electron chi connectivity index (χ4n) is 16.1. The molecule has 5 heteroatoms. The van der Waals surface area contributed by atoms with Gasteiger partial charge in [0.25, 0.3) is 6.71 Å². The Balaban J connectivity index is 0.976. The second kappa shape index (κ2) is 22.3. The van der Waals surface area contributed by atoms with Crippen molar-refractivity contribution in [1.82, 2.24) is 0 Å². The summed E-state index contributed by atoms with van der Waals surface area (Å²) in [5, 5.41) is 0. The van der Waals surface area contributed by atoms with Crippen LogP contribution in [0, 0.1) is 0 Å². The lowest BCUT2D eigenvalue weighted by atomic mass is 9.33. The van der Waals surface area contributed by atoms with Gasteiger partial charge < -0.3 is 19.6 Å². The highest BCUT2D eigenvalue weighted by molar-refractivity contribution is 7.00. The van der Waals surface area contributed by atoms with E-state index in [4.69, 9.17) is 0 Å². The van der Waals surface area contributed by atoms with Gasteiger partial charge in [-0.2, -0.15) is 0 Å². The molecule has 0 radical (unpaired) electrons. The van der Waals surface area contributed by atoms with Crippen molar-refractivity contribution >= 4 is 85.7 Å². The molecule has 12 aromatic carbocycles. The van der Waals surface area contributed by atoms with Crippen LogP contribution in [-0.2, 0) is 16.2 Å². The molecule has 93 heavy (non-hydrogen) atoms. The van der Waals surface area contributed by atoms with Crippen LogP contribution in [0.1, 0.15) is 97.8 Å². The van der Waals surface area contributed by atoms with Crippen LogP contribution >= 0.6 is 0 Å². The van der Waals surface area contributed by atoms with Crippen LogP contribution in [0.3, 0.4) is 0 Å². The van der Waals surface area contributed by atoms with Crippen molar-refractivity contribution in [2.45, 2.75) is 103 Å². The maximum atomic E-state index is 2.82. The van der Waals surface area contributed by atoms with Crippen LogP contribution < -0.4 is 36.0 Å². The number of anilines is 11. The Bertz CT molecular complexity index is 4540. The molecule has 1 saturated carbocycles. The van der Waals surface area contributed by atoms with Gasteiger partial charge in [-0.15, -0.1) is 0 Å². The molecule has 0 aromatic heterocycles. The third kappa shape index (κ3) is 9.81. The smallest absolute Gasteiger partial charge is 0.252 e. The van der Waals surface area contributed by atoms with E-state index in [2.05, 4.69) is 360 Å². The molecule has 3 aliphatic heterocycles. The number of hydrogen-bond acceptors (Lipinski definition) is 4. The van der Waals surface area contributed by atoms with E-state index in [1.807, 2.05) is 0 Å². The van der Waals surface area contributed by atoms with Gasteiger partial charge in [0, 0.05) is 68.0 Å². The van der Waals surface area contributed by atoms with Crippen molar-refractivity contribution in [2.75, 3.05) is 19.6 Å². The van der Waals surface area contributed by atoms with Gasteiger partial charge in [0.1, 0.15) is 0 Å². The fourth-order valence-corrected chi connectivity index (χ4v) is 16.1. The van der Waals surface area contributed by atoms with Crippen LogP contribution in [0.2, 0.25) is 0 Å². The summed E-state index contributed by atoms with van der Waals surface area (Å²) >= 11 is 0.